The van der Waals surface area contributed by atoms with Crippen LogP contribution in [0.15, 0.2) is 42.5 Å². The number of amides is 2. The first kappa shape index (κ1) is 17.0. The smallest absolute Gasteiger partial charge is 0.254 e. The first-order valence-corrected chi connectivity index (χ1v) is 8.34. The van der Waals surface area contributed by atoms with Crippen molar-refractivity contribution < 1.29 is 14.3 Å². The lowest BCUT2D eigenvalue weighted by atomic mass is 10.1. The first-order chi connectivity index (χ1) is 12.0. The van der Waals surface area contributed by atoms with Crippen LogP contribution in [0.25, 0.3) is 0 Å². The summed E-state index contributed by atoms with van der Waals surface area (Å²) in [6, 6.07) is 13.0. The van der Waals surface area contributed by atoms with E-state index in [9.17, 15) is 9.59 Å². The Labute approximate surface area is 147 Å². The summed E-state index contributed by atoms with van der Waals surface area (Å²) < 4.78 is 5.75. The average Bonchev–Trinajstić information content (AvgIpc) is 2.81. The molecule has 3 rings (SSSR count). The number of nitrogens with zero attached hydrogens (tertiary/aromatic N) is 1. The van der Waals surface area contributed by atoms with Crippen LogP contribution >= 0.6 is 0 Å². The van der Waals surface area contributed by atoms with Crippen molar-refractivity contribution in [1.82, 2.24) is 5.32 Å². The van der Waals surface area contributed by atoms with E-state index in [1.165, 1.54) is 12.5 Å². The van der Waals surface area contributed by atoms with Crippen molar-refractivity contribution >= 4 is 17.5 Å². The molecule has 1 atom stereocenters. The van der Waals surface area contributed by atoms with Crippen molar-refractivity contribution in [3.63, 3.8) is 0 Å². The maximum atomic E-state index is 12.8. The van der Waals surface area contributed by atoms with Gasteiger partial charge in [-0.1, -0.05) is 35.4 Å². The Morgan fingerprint density at radius 3 is 2.48 bits per heavy atom. The quantitative estimate of drug-likeness (QED) is 0.912. The van der Waals surface area contributed by atoms with Crippen LogP contribution in [0.3, 0.4) is 0 Å². The van der Waals surface area contributed by atoms with Crippen molar-refractivity contribution in [2.75, 3.05) is 18.1 Å². The molecule has 0 bridgehead atoms. The van der Waals surface area contributed by atoms with Crippen LogP contribution in [0.4, 0.5) is 5.69 Å². The zero-order chi connectivity index (χ0) is 18.0. The van der Waals surface area contributed by atoms with Crippen molar-refractivity contribution in [3.8, 4) is 5.75 Å². The number of nitrogens with one attached hydrogen (secondary N) is 1. The molecule has 1 heterocycles. The van der Waals surface area contributed by atoms with E-state index in [0.29, 0.717) is 13.2 Å². The van der Waals surface area contributed by atoms with Crippen LogP contribution in [0.1, 0.15) is 29.7 Å². The number of ether oxygens (including phenoxy) is 1. The van der Waals surface area contributed by atoms with Crippen molar-refractivity contribution in [2.24, 2.45) is 0 Å². The van der Waals surface area contributed by atoms with E-state index >= 15 is 0 Å². The van der Waals surface area contributed by atoms with E-state index in [0.717, 1.165) is 22.6 Å². The molecule has 25 heavy (non-hydrogen) atoms. The largest absolute Gasteiger partial charge is 0.492 e. The van der Waals surface area contributed by atoms with Crippen LogP contribution < -0.4 is 15.0 Å². The van der Waals surface area contributed by atoms with Gasteiger partial charge in [-0.05, 0) is 32.0 Å². The van der Waals surface area contributed by atoms with Gasteiger partial charge in [0.05, 0.1) is 6.54 Å². The van der Waals surface area contributed by atoms with E-state index in [-0.39, 0.29) is 11.8 Å². The first-order valence-electron chi connectivity index (χ1n) is 8.34. The van der Waals surface area contributed by atoms with Gasteiger partial charge in [0.15, 0.2) is 0 Å². The SMILES string of the molecule is CC(=O)NC1C(=O)N(CCOc2ccc(C)cc2)c2ccc(C)cc21. The number of benzene rings is 2. The molecular weight excluding hydrogens is 316 g/mol. The van der Waals surface area contributed by atoms with Gasteiger partial charge in [-0.25, -0.2) is 0 Å². The molecule has 1 aliphatic rings. The molecule has 0 spiro atoms. The van der Waals surface area contributed by atoms with Crippen molar-refractivity contribution in [1.29, 1.82) is 0 Å². The van der Waals surface area contributed by atoms with Gasteiger partial charge in [0.2, 0.25) is 5.91 Å². The number of carbonyl (C=O) groups excluding carboxylic acids is 2. The standard InChI is InChI=1S/C20H22N2O3/c1-13-4-7-16(8-5-13)25-11-10-22-18-9-6-14(2)12-17(18)19(20(22)24)21-15(3)23/h4-9,12,19H,10-11H2,1-3H3,(H,21,23). The van der Waals surface area contributed by atoms with Crippen LogP contribution in [-0.2, 0) is 9.59 Å². The summed E-state index contributed by atoms with van der Waals surface area (Å²) in [6.45, 7) is 6.23. The lowest BCUT2D eigenvalue weighted by Gasteiger charge is -2.18. The number of fused-ring (bicyclic) bond motifs is 1. The molecule has 0 aromatic heterocycles. The summed E-state index contributed by atoms with van der Waals surface area (Å²) in [5.74, 6) is 0.437. The van der Waals surface area contributed by atoms with E-state index in [1.807, 2.05) is 56.3 Å². The molecular formula is C20H22N2O3. The Bertz CT molecular complexity index is 799. The summed E-state index contributed by atoms with van der Waals surface area (Å²) in [5.41, 5.74) is 3.90. The predicted molar refractivity (Wildman–Crippen MR) is 96.8 cm³/mol. The molecule has 2 aromatic rings. The number of aryl methyl sites for hydroxylation is 2. The minimum Gasteiger partial charge on any atom is -0.492 e. The average molecular weight is 338 g/mol. The molecule has 2 amide bonds. The van der Waals surface area contributed by atoms with Gasteiger partial charge in [-0.3, -0.25) is 9.59 Å². The minimum atomic E-state index is -0.619. The number of rotatable bonds is 5. The molecule has 0 aliphatic carbocycles. The van der Waals surface area contributed by atoms with E-state index in [2.05, 4.69) is 5.32 Å². The second kappa shape index (κ2) is 6.97. The summed E-state index contributed by atoms with van der Waals surface area (Å²) in [4.78, 5) is 25.9. The third-order valence-corrected chi connectivity index (χ3v) is 4.25. The van der Waals surface area contributed by atoms with Crippen LogP contribution in [-0.4, -0.2) is 25.0 Å². The molecule has 2 aromatic carbocycles. The Balaban J connectivity index is 1.74. The van der Waals surface area contributed by atoms with Gasteiger partial charge >= 0.3 is 0 Å². The molecule has 130 valence electrons. The van der Waals surface area contributed by atoms with Gasteiger partial charge < -0.3 is 15.0 Å². The fourth-order valence-electron chi connectivity index (χ4n) is 3.02. The van der Waals surface area contributed by atoms with Crippen molar-refractivity contribution in [2.45, 2.75) is 26.8 Å². The fourth-order valence-corrected chi connectivity index (χ4v) is 3.02. The zero-order valence-electron chi connectivity index (χ0n) is 14.7. The molecule has 0 saturated heterocycles. The third-order valence-electron chi connectivity index (χ3n) is 4.25. The van der Waals surface area contributed by atoms with Crippen LogP contribution in [0.5, 0.6) is 5.75 Å². The Morgan fingerprint density at radius 1 is 1.12 bits per heavy atom. The lowest BCUT2D eigenvalue weighted by molar-refractivity contribution is -0.126. The number of hydrogen-bond acceptors (Lipinski definition) is 3. The lowest BCUT2D eigenvalue weighted by Crippen LogP contribution is -2.38. The molecule has 0 fully saturated rings. The summed E-state index contributed by atoms with van der Waals surface area (Å²) in [5, 5.41) is 2.75. The highest BCUT2D eigenvalue weighted by molar-refractivity contribution is 6.06. The topological polar surface area (TPSA) is 58.6 Å². The molecule has 1 N–H and O–H groups in total. The maximum Gasteiger partial charge on any atom is 0.254 e. The van der Waals surface area contributed by atoms with Crippen molar-refractivity contribution in [3.05, 3.63) is 59.2 Å². The molecule has 0 radical (unpaired) electrons. The van der Waals surface area contributed by atoms with Crippen LogP contribution in [0.2, 0.25) is 0 Å². The highest BCUT2D eigenvalue weighted by Gasteiger charge is 2.37. The molecule has 5 heteroatoms. The molecule has 5 nitrogen and oxygen atoms in total. The summed E-state index contributed by atoms with van der Waals surface area (Å²) in [6.07, 6.45) is 0. The molecule has 0 saturated carbocycles. The summed E-state index contributed by atoms with van der Waals surface area (Å²) >= 11 is 0. The van der Waals surface area contributed by atoms with Gasteiger partial charge in [0.1, 0.15) is 18.4 Å². The third kappa shape index (κ3) is 3.65. The number of carbonyl (C=O) groups is 2. The Morgan fingerprint density at radius 2 is 1.80 bits per heavy atom. The Kier molecular flexibility index (Phi) is 4.74. The normalized spacial score (nSPS) is 15.9. The zero-order valence-corrected chi connectivity index (χ0v) is 14.7. The van der Waals surface area contributed by atoms with Gasteiger partial charge in [0, 0.05) is 18.2 Å². The van der Waals surface area contributed by atoms with Gasteiger partial charge in [-0.2, -0.15) is 0 Å². The monoisotopic (exact) mass is 338 g/mol. The second-order valence-electron chi connectivity index (χ2n) is 6.35. The van der Waals surface area contributed by atoms with Gasteiger partial charge in [0.25, 0.3) is 5.91 Å². The summed E-state index contributed by atoms with van der Waals surface area (Å²) in [7, 11) is 0. The fraction of sp³-hybridized carbons (Fsp3) is 0.300. The molecule has 1 unspecified atom stereocenters. The van der Waals surface area contributed by atoms with E-state index in [1.54, 1.807) is 4.90 Å². The predicted octanol–water partition coefficient (Wildman–Crippen LogP) is 2.91. The maximum absolute atomic E-state index is 12.8. The van der Waals surface area contributed by atoms with E-state index in [4.69, 9.17) is 4.74 Å². The molecule has 1 aliphatic heterocycles. The van der Waals surface area contributed by atoms with Gasteiger partial charge in [-0.15, -0.1) is 0 Å². The van der Waals surface area contributed by atoms with Crippen LogP contribution in [0, 0.1) is 13.8 Å². The second-order valence-corrected chi connectivity index (χ2v) is 6.35. The highest BCUT2D eigenvalue weighted by atomic mass is 16.5. The Hall–Kier alpha value is -2.82. The number of hydrogen-bond donors (Lipinski definition) is 1. The highest BCUT2D eigenvalue weighted by Crippen LogP contribution is 2.36. The van der Waals surface area contributed by atoms with E-state index < -0.39 is 6.04 Å². The minimum absolute atomic E-state index is 0.122. The number of anilines is 1.